The summed E-state index contributed by atoms with van der Waals surface area (Å²) < 4.78 is 1.84. The molecule has 0 amide bonds. The highest BCUT2D eigenvalue weighted by molar-refractivity contribution is 5.21. The van der Waals surface area contributed by atoms with Gasteiger partial charge in [0.05, 0.1) is 5.69 Å². The second kappa shape index (κ2) is 2.95. The lowest BCUT2D eigenvalue weighted by Gasteiger charge is -1.97. The molecule has 0 unspecified atom stereocenters. The number of nitrogens with two attached hydrogens (primary N) is 1. The number of nitrogens with zero attached hydrogens (tertiary/aromatic N) is 2. The summed E-state index contributed by atoms with van der Waals surface area (Å²) in [5, 5.41) is 0. The van der Waals surface area contributed by atoms with Crippen LogP contribution in [0, 0.1) is 5.92 Å². The number of aromatic nitrogens is 2. The largest absolute Gasteiger partial charge is 0.369 e. The van der Waals surface area contributed by atoms with Gasteiger partial charge in [-0.3, -0.25) is 0 Å². The van der Waals surface area contributed by atoms with Gasteiger partial charge < -0.3 is 10.3 Å². The highest BCUT2D eigenvalue weighted by Gasteiger charge is 2.02. The van der Waals surface area contributed by atoms with Crippen LogP contribution in [-0.2, 0) is 13.5 Å². The monoisotopic (exact) mass is 153 g/mol. The van der Waals surface area contributed by atoms with E-state index in [1.165, 1.54) is 0 Å². The van der Waals surface area contributed by atoms with E-state index in [2.05, 4.69) is 18.8 Å². The molecule has 0 bridgehead atoms. The third-order valence-electron chi connectivity index (χ3n) is 1.58. The second-order valence-electron chi connectivity index (χ2n) is 3.30. The zero-order valence-corrected chi connectivity index (χ0v) is 7.33. The molecule has 0 saturated carbocycles. The van der Waals surface area contributed by atoms with Crippen molar-refractivity contribution in [1.82, 2.24) is 9.55 Å². The van der Waals surface area contributed by atoms with Crippen molar-refractivity contribution >= 4 is 5.95 Å². The molecule has 1 aromatic heterocycles. The van der Waals surface area contributed by atoms with Crippen LogP contribution in [0.2, 0.25) is 0 Å². The van der Waals surface area contributed by atoms with Gasteiger partial charge in [-0.1, -0.05) is 13.8 Å². The molecule has 2 N–H and O–H groups in total. The molecular weight excluding hydrogens is 138 g/mol. The first-order valence-corrected chi connectivity index (χ1v) is 3.87. The Morgan fingerprint density at radius 2 is 2.27 bits per heavy atom. The summed E-state index contributed by atoms with van der Waals surface area (Å²) in [7, 11) is 1.91. The minimum atomic E-state index is 0.598. The molecule has 1 heterocycles. The zero-order valence-electron chi connectivity index (χ0n) is 7.33. The molecule has 0 radical (unpaired) electrons. The summed E-state index contributed by atoms with van der Waals surface area (Å²) in [5.74, 6) is 1.24. The average Bonchev–Trinajstić information content (AvgIpc) is 2.10. The van der Waals surface area contributed by atoms with Crippen molar-refractivity contribution in [3.05, 3.63) is 11.9 Å². The van der Waals surface area contributed by atoms with Gasteiger partial charge in [0.2, 0.25) is 0 Å². The van der Waals surface area contributed by atoms with Crippen LogP contribution in [0.4, 0.5) is 5.95 Å². The lowest BCUT2D eigenvalue weighted by molar-refractivity contribution is 0.637. The first kappa shape index (κ1) is 8.11. The molecule has 3 nitrogen and oxygen atoms in total. The molecule has 0 spiro atoms. The van der Waals surface area contributed by atoms with Crippen LogP contribution in [0.3, 0.4) is 0 Å². The van der Waals surface area contributed by atoms with Gasteiger partial charge in [-0.25, -0.2) is 4.98 Å². The summed E-state index contributed by atoms with van der Waals surface area (Å²) in [6.07, 6.45) is 2.99. The normalized spacial score (nSPS) is 10.9. The van der Waals surface area contributed by atoms with Crippen LogP contribution in [-0.4, -0.2) is 9.55 Å². The number of hydrogen-bond donors (Lipinski definition) is 1. The molecule has 62 valence electrons. The number of nitrogen functional groups attached to an aromatic ring is 1. The molecule has 0 saturated heterocycles. The predicted octanol–water partition coefficient (Wildman–Crippen LogP) is 1.20. The fraction of sp³-hybridized carbons (Fsp3) is 0.625. The van der Waals surface area contributed by atoms with Crippen molar-refractivity contribution in [2.45, 2.75) is 20.3 Å². The molecule has 0 aliphatic rings. The van der Waals surface area contributed by atoms with Crippen LogP contribution in [0.15, 0.2) is 6.20 Å². The van der Waals surface area contributed by atoms with Gasteiger partial charge in [0.25, 0.3) is 0 Å². The van der Waals surface area contributed by atoms with E-state index in [1.54, 1.807) is 0 Å². The molecule has 3 heteroatoms. The van der Waals surface area contributed by atoms with Crippen LogP contribution in [0.25, 0.3) is 0 Å². The molecule has 11 heavy (non-hydrogen) atoms. The van der Waals surface area contributed by atoms with E-state index in [0.717, 1.165) is 12.1 Å². The van der Waals surface area contributed by atoms with Crippen molar-refractivity contribution in [1.29, 1.82) is 0 Å². The highest BCUT2D eigenvalue weighted by atomic mass is 15.1. The summed E-state index contributed by atoms with van der Waals surface area (Å²) in [5.41, 5.74) is 6.65. The Kier molecular flexibility index (Phi) is 2.17. The summed E-state index contributed by atoms with van der Waals surface area (Å²) >= 11 is 0. The van der Waals surface area contributed by atoms with Gasteiger partial charge in [0.15, 0.2) is 5.95 Å². The van der Waals surface area contributed by atoms with Gasteiger partial charge in [0.1, 0.15) is 0 Å². The maximum Gasteiger partial charge on any atom is 0.200 e. The van der Waals surface area contributed by atoms with Gasteiger partial charge in [-0.15, -0.1) is 0 Å². The maximum absolute atomic E-state index is 5.57. The Labute approximate surface area is 67.2 Å². The summed E-state index contributed by atoms with van der Waals surface area (Å²) in [6, 6.07) is 0. The first-order chi connectivity index (χ1) is 5.09. The van der Waals surface area contributed by atoms with Crippen LogP contribution in [0.5, 0.6) is 0 Å². The predicted molar refractivity (Wildman–Crippen MR) is 46.2 cm³/mol. The topological polar surface area (TPSA) is 43.8 Å². The van der Waals surface area contributed by atoms with Crippen LogP contribution in [0.1, 0.15) is 19.5 Å². The van der Waals surface area contributed by atoms with E-state index < -0.39 is 0 Å². The molecular formula is C8H15N3. The van der Waals surface area contributed by atoms with Gasteiger partial charge in [-0.05, 0) is 12.3 Å². The molecule has 0 aromatic carbocycles. The van der Waals surface area contributed by atoms with E-state index in [4.69, 9.17) is 5.73 Å². The van der Waals surface area contributed by atoms with Crippen molar-refractivity contribution in [2.75, 3.05) is 5.73 Å². The minimum absolute atomic E-state index is 0.598. The number of aryl methyl sites for hydroxylation is 1. The number of anilines is 1. The lowest BCUT2D eigenvalue weighted by atomic mass is 10.1. The Morgan fingerprint density at radius 1 is 1.64 bits per heavy atom. The van der Waals surface area contributed by atoms with Crippen molar-refractivity contribution in [3.8, 4) is 0 Å². The smallest absolute Gasteiger partial charge is 0.200 e. The SMILES string of the molecule is CC(C)Cc1cn(C)c(N)n1. The van der Waals surface area contributed by atoms with E-state index in [-0.39, 0.29) is 0 Å². The van der Waals surface area contributed by atoms with Gasteiger partial charge >= 0.3 is 0 Å². The van der Waals surface area contributed by atoms with Gasteiger partial charge in [-0.2, -0.15) is 0 Å². The van der Waals surface area contributed by atoms with Crippen molar-refractivity contribution in [3.63, 3.8) is 0 Å². The molecule has 1 aromatic rings. The van der Waals surface area contributed by atoms with Gasteiger partial charge in [0, 0.05) is 13.2 Å². The maximum atomic E-state index is 5.57. The average molecular weight is 153 g/mol. The van der Waals surface area contributed by atoms with E-state index >= 15 is 0 Å². The zero-order chi connectivity index (χ0) is 8.43. The molecule has 1 rings (SSSR count). The highest BCUT2D eigenvalue weighted by Crippen LogP contribution is 2.07. The summed E-state index contributed by atoms with van der Waals surface area (Å²) in [6.45, 7) is 4.34. The van der Waals surface area contributed by atoms with Crippen LogP contribution >= 0.6 is 0 Å². The molecule has 0 atom stereocenters. The molecule has 0 aliphatic carbocycles. The van der Waals surface area contributed by atoms with E-state index in [1.807, 2.05) is 17.8 Å². The fourth-order valence-electron chi connectivity index (χ4n) is 1.06. The Bertz CT molecular complexity index is 218. The van der Waals surface area contributed by atoms with Crippen molar-refractivity contribution < 1.29 is 0 Å². The third kappa shape index (κ3) is 1.97. The summed E-state index contributed by atoms with van der Waals surface area (Å²) in [4.78, 5) is 4.19. The third-order valence-corrected chi connectivity index (χ3v) is 1.58. The van der Waals surface area contributed by atoms with E-state index in [0.29, 0.717) is 11.9 Å². The quantitative estimate of drug-likeness (QED) is 0.693. The van der Waals surface area contributed by atoms with Crippen LogP contribution < -0.4 is 5.73 Å². The Balaban J connectivity index is 2.73. The minimum Gasteiger partial charge on any atom is -0.369 e. The lowest BCUT2D eigenvalue weighted by Crippen LogP contribution is -1.95. The number of rotatable bonds is 2. The molecule has 0 fully saturated rings. The Morgan fingerprint density at radius 3 is 2.64 bits per heavy atom. The Hall–Kier alpha value is -0.990. The fourth-order valence-corrected chi connectivity index (χ4v) is 1.06. The number of imidazole rings is 1. The molecule has 0 aliphatic heterocycles. The standard InChI is InChI=1S/C8H15N3/c1-6(2)4-7-5-11(3)8(9)10-7/h5-6H,4H2,1-3H3,(H2,9,10). The van der Waals surface area contributed by atoms with E-state index in [9.17, 15) is 0 Å². The van der Waals surface area contributed by atoms with Crippen molar-refractivity contribution in [2.24, 2.45) is 13.0 Å². The second-order valence-corrected chi connectivity index (χ2v) is 3.30. The number of hydrogen-bond acceptors (Lipinski definition) is 2. The first-order valence-electron chi connectivity index (χ1n) is 3.87.